The van der Waals surface area contributed by atoms with Crippen molar-refractivity contribution >= 4 is 44.3 Å². The van der Waals surface area contributed by atoms with Gasteiger partial charge in [0.05, 0.1) is 22.8 Å². The average Bonchev–Trinajstić information content (AvgIpc) is 3.44. The third-order valence-electron chi connectivity index (χ3n) is 5.58. The summed E-state index contributed by atoms with van der Waals surface area (Å²) < 4.78 is 70.3. The molecule has 0 radical (unpaired) electrons. The molecule has 0 saturated carbocycles. The van der Waals surface area contributed by atoms with Crippen LogP contribution in [-0.4, -0.2) is 67.7 Å². The van der Waals surface area contributed by atoms with Crippen molar-refractivity contribution in [3.05, 3.63) is 82.4 Å². The van der Waals surface area contributed by atoms with Gasteiger partial charge < -0.3 is 10.2 Å². The topological polar surface area (TPSA) is 219 Å². The van der Waals surface area contributed by atoms with Gasteiger partial charge >= 0.3 is 11.9 Å². The van der Waals surface area contributed by atoms with E-state index in [0.29, 0.717) is 11.4 Å². The van der Waals surface area contributed by atoms with Crippen LogP contribution < -0.4 is 0 Å². The summed E-state index contributed by atoms with van der Waals surface area (Å²) in [5, 5.41) is 26.9. The Morgan fingerprint density at radius 3 is 1.32 bits per heavy atom. The van der Waals surface area contributed by atoms with Crippen LogP contribution in [0.25, 0.3) is 23.5 Å². The molecule has 0 aliphatic carbocycles. The molecule has 0 saturated heterocycles. The number of hydrogen-bond donors (Lipinski definition) is 4. The molecule has 14 nitrogen and oxygen atoms in total. The first kappa shape index (κ1) is 28.4. The Bertz CT molecular complexity index is 1800. The van der Waals surface area contributed by atoms with Crippen LogP contribution in [0.4, 0.5) is 0 Å². The lowest BCUT2D eigenvalue weighted by atomic mass is 10.1. The van der Waals surface area contributed by atoms with Crippen LogP contribution in [-0.2, 0) is 20.2 Å². The zero-order valence-corrected chi connectivity index (χ0v) is 22.3. The molecule has 16 heteroatoms. The zero-order valence-electron chi connectivity index (χ0n) is 20.6. The molecule has 0 aliphatic heterocycles. The minimum absolute atomic E-state index is 0.0157. The van der Waals surface area contributed by atoms with Gasteiger partial charge in [-0.15, -0.1) is 0 Å². The number of aromatic carboxylic acids is 2. The Labute approximate surface area is 226 Å². The van der Waals surface area contributed by atoms with Crippen molar-refractivity contribution in [3.63, 3.8) is 0 Å². The van der Waals surface area contributed by atoms with E-state index < -0.39 is 42.0 Å². The van der Waals surface area contributed by atoms with Crippen molar-refractivity contribution in [3.8, 4) is 11.4 Å². The molecule has 40 heavy (non-hydrogen) atoms. The monoisotopic (exact) mass is 588 g/mol. The first-order chi connectivity index (χ1) is 18.6. The fourth-order valence-corrected chi connectivity index (χ4v) is 5.32. The van der Waals surface area contributed by atoms with Crippen molar-refractivity contribution in [2.75, 3.05) is 0 Å². The molecule has 4 N–H and O–H groups in total. The van der Waals surface area contributed by atoms with E-state index in [0.717, 1.165) is 33.6 Å². The standard InChI is InChI=1S/C24H20N4O10S2/c1-13-9-19(23(29)30)27(25-13)17-7-5-15(21(11-17)39(33,34)35)3-4-16-6-8-18(12-22(16)40(36,37)38)28-20(24(31)32)10-14(2)26-28/h3-12H,1-2H3,(H,29,30)(H,31,32)(H,33,34,35)(H,36,37,38)/b4-3+. The van der Waals surface area contributed by atoms with Crippen molar-refractivity contribution in [2.45, 2.75) is 23.6 Å². The highest BCUT2D eigenvalue weighted by Gasteiger charge is 2.21. The molecule has 0 bridgehead atoms. The van der Waals surface area contributed by atoms with Crippen LogP contribution in [0.1, 0.15) is 43.5 Å². The third-order valence-corrected chi connectivity index (χ3v) is 7.40. The molecule has 208 valence electrons. The van der Waals surface area contributed by atoms with Gasteiger partial charge in [-0.3, -0.25) is 9.11 Å². The molecule has 0 atom stereocenters. The van der Waals surface area contributed by atoms with E-state index >= 15 is 0 Å². The zero-order chi connectivity index (χ0) is 29.6. The number of carboxylic acids is 2. The molecule has 4 rings (SSSR count). The largest absolute Gasteiger partial charge is 0.477 e. The van der Waals surface area contributed by atoms with E-state index in [2.05, 4.69) is 10.2 Å². The molecule has 0 amide bonds. The smallest absolute Gasteiger partial charge is 0.354 e. The predicted octanol–water partition coefficient (Wildman–Crippen LogP) is 2.74. The van der Waals surface area contributed by atoms with Gasteiger partial charge in [-0.1, -0.05) is 24.3 Å². The Morgan fingerprint density at radius 2 is 1.02 bits per heavy atom. The summed E-state index contributed by atoms with van der Waals surface area (Å²) in [6, 6.07) is 9.69. The Balaban J connectivity index is 1.83. The number of hydrogen-bond acceptors (Lipinski definition) is 8. The molecule has 2 aromatic heterocycles. The lowest BCUT2D eigenvalue weighted by Crippen LogP contribution is -2.10. The van der Waals surface area contributed by atoms with Gasteiger partial charge in [-0.2, -0.15) is 27.0 Å². The summed E-state index contributed by atoms with van der Waals surface area (Å²) in [6.45, 7) is 3.08. The normalized spacial score (nSPS) is 12.2. The van der Waals surface area contributed by atoms with Crippen molar-refractivity contribution in [1.82, 2.24) is 19.6 Å². The number of carboxylic acid groups (broad SMARTS) is 2. The molecule has 0 aliphatic rings. The highest BCUT2D eigenvalue weighted by molar-refractivity contribution is 7.86. The highest BCUT2D eigenvalue weighted by atomic mass is 32.2. The minimum atomic E-state index is -4.86. The van der Waals surface area contributed by atoms with E-state index in [1.807, 2.05) is 0 Å². The molecular weight excluding hydrogens is 568 g/mol. The van der Waals surface area contributed by atoms with E-state index in [4.69, 9.17) is 0 Å². The Hall–Kier alpha value is -4.64. The summed E-state index contributed by atoms with van der Waals surface area (Å²) >= 11 is 0. The molecule has 0 unspecified atom stereocenters. The maximum absolute atomic E-state index is 12.2. The van der Waals surface area contributed by atoms with Gasteiger partial charge in [-0.05, 0) is 61.4 Å². The Morgan fingerprint density at radius 1 is 0.675 bits per heavy atom. The molecular formula is C24H20N4O10S2. The van der Waals surface area contributed by atoms with E-state index in [-0.39, 0.29) is 33.9 Å². The SMILES string of the molecule is Cc1cc(C(=O)O)n(-c2ccc(/C=C/c3ccc(-n4nc(C)cc4C(=O)O)cc3S(=O)(=O)O)c(S(=O)(=O)O)c2)n1. The first-order valence-corrected chi connectivity index (χ1v) is 14.0. The average molecular weight is 589 g/mol. The number of carbonyl (C=O) groups is 2. The minimum Gasteiger partial charge on any atom is -0.477 e. The van der Waals surface area contributed by atoms with Gasteiger partial charge in [0.2, 0.25) is 0 Å². The van der Waals surface area contributed by atoms with Crippen LogP contribution in [0.5, 0.6) is 0 Å². The molecule has 0 spiro atoms. The lowest BCUT2D eigenvalue weighted by Gasteiger charge is -2.10. The van der Waals surface area contributed by atoms with Crippen LogP contribution in [0.3, 0.4) is 0 Å². The summed E-state index contributed by atoms with van der Waals surface area (Å²) in [7, 11) is -9.72. The number of aromatic nitrogens is 4. The molecule has 0 fully saturated rings. The summed E-state index contributed by atoms with van der Waals surface area (Å²) in [5.74, 6) is -2.64. The maximum atomic E-state index is 12.2. The van der Waals surface area contributed by atoms with Crippen molar-refractivity contribution in [2.24, 2.45) is 0 Å². The van der Waals surface area contributed by atoms with Crippen LogP contribution >= 0.6 is 0 Å². The van der Waals surface area contributed by atoms with Gasteiger partial charge in [0.1, 0.15) is 9.79 Å². The third kappa shape index (κ3) is 5.69. The van der Waals surface area contributed by atoms with Crippen LogP contribution in [0.2, 0.25) is 0 Å². The fraction of sp³-hybridized carbons (Fsp3) is 0.0833. The quantitative estimate of drug-likeness (QED) is 0.172. The second kappa shape index (κ2) is 10.2. The van der Waals surface area contributed by atoms with Gasteiger partial charge in [0, 0.05) is 0 Å². The summed E-state index contributed by atoms with van der Waals surface area (Å²) in [4.78, 5) is 21.8. The summed E-state index contributed by atoms with van der Waals surface area (Å²) in [6.07, 6.45) is 2.31. The first-order valence-electron chi connectivity index (χ1n) is 11.1. The maximum Gasteiger partial charge on any atom is 0.354 e. The number of nitrogens with zero attached hydrogens (tertiary/aromatic N) is 4. The fourth-order valence-electron chi connectivity index (χ4n) is 3.91. The summed E-state index contributed by atoms with van der Waals surface area (Å²) in [5.41, 5.74) is 0.00990. The number of aryl methyl sites for hydroxylation is 2. The van der Waals surface area contributed by atoms with E-state index in [1.54, 1.807) is 0 Å². The van der Waals surface area contributed by atoms with E-state index in [9.17, 15) is 45.7 Å². The van der Waals surface area contributed by atoms with E-state index in [1.165, 1.54) is 50.2 Å². The highest BCUT2D eigenvalue weighted by Crippen LogP contribution is 2.27. The van der Waals surface area contributed by atoms with Gasteiger partial charge in [0.15, 0.2) is 11.4 Å². The van der Waals surface area contributed by atoms with Gasteiger partial charge in [0.25, 0.3) is 20.2 Å². The van der Waals surface area contributed by atoms with Crippen LogP contribution in [0.15, 0.2) is 58.3 Å². The van der Waals surface area contributed by atoms with Gasteiger partial charge in [-0.25, -0.2) is 19.0 Å². The van der Waals surface area contributed by atoms with Crippen molar-refractivity contribution < 1.29 is 45.7 Å². The predicted molar refractivity (Wildman–Crippen MR) is 139 cm³/mol. The lowest BCUT2D eigenvalue weighted by molar-refractivity contribution is 0.0676. The second-order valence-corrected chi connectivity index (χ2v) is 11.3. The number of rotatable bonds is 8. The van der Waals surface area contributed by atoms with Crippen LogP contribution in [0, 0.1) is 13.8 Å². The second-order valence-electron chi connectivity index (χ2n) is 8.50. The molecule has 2 aromatic carbocycles. The number of benzene rings is 2. The molecule has 2 heterocycles. The Kier molecular flexibility index (Phi) is 7.20. The molecule has 4 aromatic rings. The van der Waals surface area contributed by atoms with Crippen molar-refractivity contribution in [1.29, 1.82) is 0 Å².